The molecular formula is C10H12N2O4S. The summed E-state index contributed by atoms with van der Waals surface area (Å²) in [6.45, 7) is 1.84. The average Bonchev–Trinajstić information content (AvgIpc) is 2.74. The Kier molecular flexibility index (Phi) is 4.65. The third kappa shape index (κ3) is 3.56. The van der Waals surface area contributed by atoms with Gasteiger partial charge in [0.25, 0.3) is 0 Å². The molecule has 0 fully saturated rings. The van der Waals surface area contributed by atoms with Crippen LogP contribution in [-0.4, -0.2) is 30.5 Å². The van der Waals surface area contributed by atoms with Crippen LogP contribution >= 0.6 is 11.5 Å². The van der Waals surface area contributed by atoms with Crippen molar-refractivity contribution < 1.29 is 19.1 Å². The van der Waals surface area contributed by atoms with Crippen LogP contribution < -0.4 is 5.32 Å². The number of esters is 2. The number of nitrogens with one attached hydrogen (secondary N) is 1. The molecule has 1 heterocycles. The van der Waals surface area contributed by atoms with Gasteiger partial charge in [0.15, 0.2) is 5.57 Å². The lowest BCUT2D eigenvalue weighted by atomic mass is 10.3. The van der Waals surface area contributed by atoms with Crippen LogP contribution in [0, 0.1) is 6.92 Å². The van der Waals surface area contributed by atoms with Gasteiger partial charge in [0.05, 0.1) is 19.9 Å². The number of aromatic nitrogens is 1. The van der Waals surface area contributed by atoms with Crippen LogP contribution in [0.25, 0.3) is 0 Å². The molecule has 92 valence electrons. The van der Waals surface area contributed by atoms with Gasteiger partial charge in [-0.05, 0) is 24.5 Å². The normalized spacial score (nSPS) is 9.35. The smallest absolute Gasteiger partial charge is 0.346 e. The highest BCUT2D eigenvalue weighted by molar-refractivity contribution is 7.10. The van der Waals surface area contributed by atoms with Crippen molar-refractivity contribution in [3.8, 4) is 0 Å². The molecular weight excluding hydrogens is 244 g/mol. The van der Waals surface area contributed by atoms with Gasteiger partial charge in [-0.25, -0.2) is 9.59 Å². The van der Waals surface area contributed by atoms with Gasteiger partial charge in [-0.1, -0.05) is 0 Å². The van der Waals surface area contributed by atoms with Crippen molar-refractivity contribution in [2.45, 2.75) is 6.92 Å². The Bertz CT molecular complexity index is 435. The number of carbonyl (C=O) groups is 2. The van der Waals surface area contributed by atoms with Crippen molar-refractivity contribution in [2.24, 2.45) is 0 Å². The SMILES string of the molecule is COC(=O)C(=CNc1cc(C)ns1)C(=O)OC. The van der Waals surface area contributed by atoms with E-state index in [9.17, 15) is 9.59 Å². The van der Waals surface area contributed by atoms with Crippen molar-refractivity contribution in [3.63, 3.8) is 0 Å². The maximum Gasteiger partial charge on any atom is 0.346 e. The fourth-order valence-electron chi connectivity index (χ4n) is 0.996. The van der Waals surface area contributed by atoms with Gasteiger partial charge in [0.1, 0.15) is 5.00 Å². The first-order valence-electron chi connectivity index (χ1n) is 4.65. The number of rotatable bonds is 4. The highest BCUT2D eigenvalue weighted by atomic mass is 32.1. The fraction of sp³-hybridized carbons (Fsp3) is 0.300. The van der Waals surface area contributed by atoms with E-state index in [0.717, 1.165) is 5.69 Å². The summed E-state index contributed by atoms with van der Waals surface area (Å²) in [5, 5.41) is 3.50. The summed E-state index contributed by atoms with van der Waals surface area (Å²) in [6, 6.07) is 1.79. The van der Waals surface area contributed by atoms with E-state index in [2.05, 4.69) is 19.2 Å². The van der Waals surface area contributed by atoms with Crippen LogP contribution in [0.5, 0.6) is 0 Å². The van der Waals surface area contributed by atoms with E-state index >= 15 is 0 Å². The number of hydrogen-bond acceptors (Lipinski definition) is 7. The van der Waals surface area contributed by atoms with Gasteiger partial charge in [0, 0.05) is 6.20 Å². The van der Waals surface area contributed by atoms with E-state index in [1.807, 2.05) is 6.92 Å². The van der Waals surface area contributed by atoms with Crippen LogP contribution in [0.2, 0.25) is 0 Å². The van der Waals surface area contributed by atoms with Crippen molar-refractivity contribution >= 4 is 28.5 Å². The van der Waals surface area contributed by atoms with Crippen LogP contribution in [-0.2, 0) is 19.1 Å². The van der Waals surface area contributed by atoms with E-state index in [0.29, 0.717) is 5.00 Å². The molecule has 1 aromatic rings. The fourth-order valence-corrected chi connectivity index (χ4v) is 1.63. The van der Waals surface area contributed by atoms with Crippen molar-refractivity contribution in [1.29, 1.82) is 0 Å². The Morgan fingerprint density at radius 3 is 2.35 bits per heavy atom. The van der Waals surface area contributed by atoms with Gasteiger partial charge < -0.3 is 14.8 Å². The minimum absolute atomic E-state index is 0.207. The van der Waals surface area contributed by atoms with Crippen LogP contribution in [0.3, 0.4) is 0 Å². The standard InChI is InChI=1S/C10H12N2O4S/c1-6-4-8(17-12-6)11-5-7(9(13)15-2)10(14)16-3/h4-5,11H,1-3H3. The number of carbonyl (C=O) groups excluding carboxylic acids is 2. The van der Waals surface area contributed by atoms with Crippen molar-refractivity contribution in [3.05, 3.63) is 23.5 Å². The summed E-state index contributed by atoms with van der Waals surface area (Å²) in [4.78, 5) is 22.6. The first-order valence-corrected chi connectivity index (χ1v) is 5.42. The Hall–Kier alpha value is -1.89. The Morgan fingerprint density at radius 1 is 1.35 bits per heavy atom. The minimum Gasteiger partial charge on any atom is -0.465 e. The molecule has 0 bridgehead atoms. The second kappa shape index (κ2) is 6.00. The third-order valence-electron chi connectivity index (χ3n) is 1.80. The summed E-state index contributed by atoms with van der Waals surface area (Å²) in [7, 11) is 2.38. The molecule has 0 unspecified atom stereocenters. The number of methoxy groups -OCH3 is 2. The van der Waals surface area contributed by atoms with Gasteiger partial charge in [-0.3, -0.25) is 0 Å². The zero-order valence-corrected chi connectivity index (χ0v) is 10.5. The second-order valence-electron chi connectivity index (χ2n) is 3.02. The monoisotopic (exact) mass is 256 g/mol. The topological polar surface area (TPSA) is 77.5 Å². The quantitative estimate of drug-likeness (QED) is 0.376. The van der Waals surface area contributed by atoms with E-state index in [1.54, 1.807) is 6.07 Å². The number of aryl methyl sites for hydroxylation is 1. The van der Waals surface area contributed by atoms with Gasteiger partial charge in [-0.2, -0.15) is 4.37 Å². The highest BCUT2D eigenvalue weighted by Gasteiger charge is 2.19. The first kappa shape index (κ1) is 13.2. The Morgan fingerprint density at radius 2 is 1.94 bits per heavy atom. The maximum absolute atomic E-state index is 11.3. The molecule has 17 heavy (non-hydrogen) atoms. The summed E-state index contributed by atoms with van der Waals surface area (Å²) in [5.74, 6) is -1.52. The first-order chi connectivity index (χ1) is 8.08. The molecule has 0 atom stereocenters. The van der Waals surface area contributed by atoms with Gasteiger partial charge in [-0.15, -0.1) is 0 Å². The van der Waals surface area contributed by atoms with E-state index in [4.69, 9.17) is 0 Å². The van der Waals surface area contributed by atoms with Crippen molar-refractivity contribution in [1.82, 2.24) is 4.37 Å². The summed E-state index contributed by atoms with van der Waals surface area (Å²) in [5.41, 5.74) is 0.643. The summed E-state index contributed by atoms with van der Waals surface area (Å²) >= 11 is 1.22. The molecule has 0 aromatic carbocycles. The van der Waals surface area contributed by atoms with Gasteiger partial charge in [0.2, 0.25) is 0 Å². The molecule has 0 saturated heterocycles. The molecule has 1 rings (SSSR count). The van der Waals surface area contributed by atoms with Crippen LogP contribution in [0.4, 0.5) is 5.00 Å². The summed E-state index contributed by atoms with van der Waals surface area (Å²) in [6.07, 6.45) is 1.24. The van der Waals surface area contributed by atoms with E-state index in [-0.39, 0.29) is 5.57 Å². The molecule has 1 N–H and O–H groups in total. The molecule has 0 aliphatic carbocycles. The lowest BCUT2D eigenvalue weighted by molar-refractivity contribution is -0.144. The molecule has 0 saturated carbocycles. The second-order valence-corrected chi connectivity index (χ2v) is 3.82. The predicted octanol–water partition coefficient (Wildman–Crippen LogP) is 1.09. The summed E-state index contributed by atoms with van der Waals surface area (Å²) < 4.78 is 13.0. The Balaban J connectivity index is 2.83. The van der Waals surface area contributed by atoms with Crippen LogP contribution in [0.1, 0.15) is 5.69 Å². The molecule has 0 radical (unpaired) electrons. The average molecular weight is 256 g/mol. The lowest BCUT2D eigenvalue weighted by Crippen LogP contribution is -2.17. The van der Waals surface area contributed by atoms with Crippen LogP contribution in [0.15, 0.2) is 17.8 Å². The maximum atomic E-state index is 11.3. The largest absolute Gasteiger partial charge is 0.465 e. The van der Waals surface area contributed by atoms with E-state index < -0.39 is 11.9 Å². The molecule has 6 nitrogen and oxygen atoms in total. The van der Waals surface area contributed by atoms with E-state index in [1.165, 1.54) is 32.0 Å². The molecule has 0 amide bonds. The zero-order valence-electron chi connectivity index (χ0n) is 9.64. The predicted molar refractivity (Wildman–Crippen MR) is 62.6 cm³/mol. The Labute approximate surface area is 102 Å². The molecule has 1 aromatic heterocycles. The highest BCUT2D eigenvalue weighted by Crippen LogP contribution is 2.16. The molecule has 0 aliphatic rings. The number of nitrogens with zero attached hydrogens (tertiary/aromatic N) is 1. The molecule has 0 aliphatic heterocycles. The minimum atomic E-state index is -0.759. The number of anilines is 1. The lowest BCUT2D eigenvalue weighted by Gasteiger charge is -2.03. The number of ether oxygens (including phenoxy) is 2. The zero-order chi connectivity index (χ0) is 12.8. The third-order valence-corrected chi connectivity index (χ3v) is 2.61. The van der Waals surface area contributed by atoms with Gasteiger partial charge >= 0.3 is 11.9 Å². The number of hydrogen-bond donors (Lipinski definition) is 1. The molecule has 0 spiro atoms. The van der Waals surface area contributed by atoms with Crippen molar-refractivity contribution in [2.75, 3.05) is 19.5 Å². The molecule has 7 heteroatoms.